The summed E-state index contributed by atoms with van der Waals surface area (Å²) >= 11 is 0. The lowest BCUT2D eigenvalue weighted by molar-refractivity contribution is 0.576. The van der Waals surface area contributed by atoms with Crippen molar-refractivity contribution in [2.24, 2.45) is 0 Å². The van der Waals surface area contributed by atoms with Crippen molar-refractivity contribution in [2.75, 3.05) is 6.54 Å². The second-order valence-corrected chi connectivity index (χ2v) is 6.42. The summed E-state index contributed by atoms with van der Waals surface area (Å²) < 4.78 is 0. The molecule has 0 aliphatic heterocycles. The van der Waals surface area contributed by atoms with Gasteiger partial charge in [-0.05, 0) is 49.8 Å². The van der Waals surface area contributed by atoms with Gasteiger partial charge in [-0.3, -0.25) is 0 Å². The van der Waals surface area contributed by atoms with Crippen molar-refractivity contribution in [1.29, 1.82) is 0 Å². The van der Waals surface area contributed by atoms with Gasteiger partial charge in [-0.15, -0.1) is 0 Å². The number of hydrogen-bond donors (Lipinski definition) is 1. The predicted octanol–water partition coefficient (Wildman–Crippen LogP) is 4.38. The molecule has 1 atom stereocenters. The van der Waals surface area contributed by atoms with Crippen molar-refractivity contribution in [1.82, 2.24) is 5.32 Å². The van der Waals surface area contributed by atoms with Crippen LogP contribution in [-0.4, -0.2) is 12.6 Å². The fourth-order valence-electron chi connectivity index (χ4n) is 2.92. The summed E-state index contributed by atoms with van der Waals surface area (Å²) in [4.78, 5) is 0. The smallest absolute Gasteiger partial charge is 0.00684 e. The molecule has 0 bridgehead atoms. The quantitative estimate of drug-likeness (QED) is 0.827. The molecule has 1 heteroatoms. The number of benzene rings is 2. The van der Waals surface area contributed by atoms with E-state index in [0.29, 0.717) is 5.92 Å². The van der Waals surface area contributed by atoms with Gasteiger partial charge in [-0.1, -0.05) is 54.1 Å². The molecule has 3 rings (SSSR count). The summed E-state index contributed by atoms with van der Waals surface area (Å²) in [5, 5.41) is 3.71. The Labute approximate surface area is 128 Å². The predicted molar refractivity (Wildman–Crippen MR) is 89.8 cm³/mol. The maximum atomic E-state index is 3.71. The molecule has 0 spiro atoms. The van der Waals surface area contributed by atoms with Crippen molar-refractivity contribution in [3.8, 4) is 0 Å². The molecule has 0 aromatic heterocycles. The zero-order chi connectivity index (χ0) is 14.7. The highest BCUT2D eigenvalue weighted by atomic mass is 14.9. The van der Waals surface area contributed by atoms with Gasteiger partial charge >= 0.3 is 0 Å². The monoisotopic (exact) mass is 279 g/mol. The Balaban J connectivity index is 1.78. The fraction of sp³-hybridized carbons (Fsp3) is 0.400. The molecule has 2 aromatic carbocycles. The molecule has 1 nitrogen and oxygen atoms in total. The second-order valence-electron chi connectivity index (χ2n) is 6.42. The molecule has 0 amide bonds. The molecule has 0 saturated heterocycles. The van der Waals surface area contributed by atoms with E-state index >= 15 is 0 Å². The van der Waals surface area contributed by atoms with Gasteiger partial charge in [0.2, 0.25) is 0 Å². The molecule has 1 N–H and O–H groups in total. The summed E-state index contributed by atoms with van der Waals surface area (Å²) in [6, 6.07) is 18.5. The van der Waals surface area contributed by atoms with E-state index < -0.39 is 0 Å². The van der Waals surface area contributed by atoms with Crippen LogP contribution in [0.2, 0.25) is 0 Å². The number of rotatable bonds is 6. The van der Waals surface area contributed by atoms with Gasteiger partial charge in [0.05, 0.1) is 0 Å². The minimum Gasteiger partial charge on any atom is -0.313 e. The van der Waals surface area contributed by atoms with E-state index in [9.17, 15) is 0 Å². The van der Waals surface area contributed by atoms with Crippen LogP contribution in [0.3, 0.4) is 0 Å². The minimum atomic E-state index is 0.562. The van der Waals surface area contributed by atoms with Gasteiger partial charge in [-0.25, -0.2) is 0 Å². The Morgan fingerprint density at radius 2 is 1.81 bits per heavy atom. The first-order chi connectivity index (χ1) is 10.2. The summed E-state index contributed by atoms with van der Waals surface area (Å²) in [5.74, 6) is 0.562. The zero-order valence-corrected chi connectivity index (χ0v) is 13.1. The first kappa shape index (κ1) is 14.3. The van der Waals surface area contributed by atoms with E-state index in [2.05, 4.69) is 67.7 Å². The third-order valence-corrected chi connectivity index (χ3v) is 4.47. The van der Waals surface area contributed by atoms with Crippen LogP contribution in [0, 0.1) is 13.8 Å². The lowest BCUT2D eigenvalue weighted by atomic mass is 9.89. The van der Waals surface area contributed by atoms with Gasteiger partial charge in [0, 0.05) is 18.5 Å². The Morgan fingerprint density at radius 3 is 2.52 bits per heavy atom. The van der Waals surface area contributed by atoms with Crippen molar-refractivity contribution in [3.05, 3.63) is 70.8 Å². The maximum Gasteiger partial charge on any atom is 0.00684 e. The Bertz CT molecular complexity index is 584. The summed E-state index contributed by atoms with van der Waals surface area (Å²) in [5.41, 5.74) is 5.71. The average Bonchev–Trinajstić information content (AvgIpc) is 3.32. The molecule has 1 saturated carbocycles. The largest absolute Gasteiger partial charge is 0.313 e. The number of nitrogens with one attached hydrogen (secondary N) is 1. The topological polar surface area (TPSA) is 12.0 Å². The molecule has 1 aliphatic carbocycles. The highest BCUT2D eigenvalue weighted by Crippen LogP contribution is 2.25. The molecule has 2 aromatic rings. The molecular formula is C20H25N. The molecule has 21 heavy (non-hydrogen) atoms. The first-order valence-corrected chi connectivity index (χ1v) is 8.07. The van der Waals surface area contributed by atoms with Gasteiger partial charge in [0.25, 0.3) is 0 Å². The highest BCUT2D eigenvalue weighted by molar-refractivity contribution is 5.33. The van der Waals surface area contributed by atoms with E-state index in [0.717, 1.165) is 19.0 Å². The second kappa shape index (κ2) is 6.44. The van der Waals surface area contributed by atoms with E-state index in [-0.39, 0.29) is 0 Å². The Hall–Kier alpha value is -1.60. The van der Waals surface area contributed by atoms with Crippen LogP contribution in [0.25, 0.3) is 0 Å². The van der Waals surface area contributed by atoms with Crippen LogP contribution in [0.15, 0.2) is 48.5 Å². The Kier molecular flexibility index (Phi) is 4.40. The lowest BCUT2D eigenvalue weighted by Gasteiger charge is -2.20. The molecule has 1 unspecified atom stereocenters. The molecule has 1 fully saturated rings. The van der Waals surface area contributed by atoms with Crippen LogP contribution in [-0.2, 0) is 6.42 Å². The summed E-state index contributed by atoms with van der Waals surface area (Å²) in [6.07, 6.45) is 3.83. The van der Waals surface area contributed by atoms with E-state index in [1.165, 1.54) is 35.1 Å². The summed E-state index contributed by atoms with van der Waals surface area (Å²) in [7, 11) is 0. The Morgan fingerprint density at radius 1 is 1.05 bits per heavy atom. The van der Waals surface area contributed by atoms with Crippen molar-refractivity contribution in [3.63, 3.8) is 0 Å². The van der Waals surface area contributed by atoms with Crippen LogP contribution >= 0.6 is 0 Å². The van der Waals surface area contributed by atoms with Crippen LogP contribution in [0.4, 0.5) is 0 Å². The standard InChI is InChI=1S/C20H25N/c1-15-8-9-16(2)18(12-15)13-19(14-21-20-10-11-20)17-6-4-3-5-7-17/h3-9,12,19-21H,10-11,13-14H2,1-2H3. The van der Waals surface area contributed by atoms with Gasteiger partial charge < -0.3 is 5.32 Å². The molecule has 1 aliphatic rings. The minimum absolute atomic E-state index is 0.562. The first-order valence-electron chi connectivity index (χ1n) is 8.07. The third-order valence-electron chi connectivity index (χ3n) is 4.47. The maximum absolute atomic E-state index is 3.71. The molecule has 0 radical (unpaired) electrons. The van der Waals surface area contributed by atoms with Crippen LogP contribution in [0.1, 0.15) is 41.0 Å². The van der Waals surface area contributed by atoms with Crippen LogP contribution in [0.5, 0.6) is 0 Å². The zero-order valence-electron chi connectivity index (χ0n) is 13.1. The SMILES string of the molecule is Cc1ccc(C)c(CC(CNC2CC2)c2ccccc2)c1. The molecule has 0 heterocycles. The van der Waals surface area contributed by atoms with Gasteiger partial charge in [0.15, 0.2) is 0 Å². The van der Waals surface area contributed by atoms with Crippen LogP contribution < -0.4 is 5.32 Å². The molecule has 110 valence electrons. The van der Waals surface area contributed by atoms with Gasteiger partial charge in [0.1, 0.15) is 0 Å². The molecular weight excluding hydrogens is 254 g/mol. The van der Waals surface area contributed by atoms with Crippen molar-refractivity contribution < 1.29 is 0 Å². The summed E-state index contributed by atoms with van der Waals surface area (Å²) in [6.45, 7) is 5.50. The van der Waals surface area contributed by atoms with E-state index in [4.69, 9.17) is 0 Å². The van der Waals surface area contributed by atoms with Crippen molar-refractivity contribution >= 4 is 0 Å². The van der Waals surface area contributed by atoms with Crippen molar-refractivity contribution in [2.45, 2.75) is 45.1 Å². The normalized spacial score (nSPS) is 15.9. The average molecular weight is 279 g/mol. The fourth-order valence-corrected chi connectivity index (χ4v) is 2.92. The third kappa shape index (κ3) is 3.95. The lowest BCUT2D eigenvalue weighted by Crippen LogP contribution is -2.25. The van der Waals surface area contributed by atoms with E-state index in [1.807, 2.05) is 0 Å². The highest BCUT2D eigenvalue weighted by Gasteiger charge is 2.22. The van der Waals surface area contributed by atoms with E-state index in [1.54, 1.807) is 0 Å². The number of hydrogen-bond acceptors (Lipinski definition) is 1. The number of aryl methyl sites for hydroxylation is 2. The van der Waals surface area contributed by atoms with Gasteiger partial charge in [-0.2, -0.15) is 0 Å².